The minimum atomic E-state index is 0.476. The Kier molecular flexibility index (Phi) is 3.78. The number of nitrogens with zero attached hydrogens (tertiary/aromatic N) is 4. The summed E-state index contributed by atoms with van der Waals surface area (Å²) in [5, 5.41) is 8.32. The normalized spacial score (nSPS) is 10.8. The van der Waals surface area contributed by atoms with E-state index in [1.807, 2.05) is 66.3 Å². The highest BCUT2D eigenvalue weighted by Crippen LogP contribution is 2.27. The van der Waals surface area contributed by atoms with Gasteiger partial charge in [0.2, 0.25) is 5.82 Å². The molecule has 0 bridgehead atoms. The number of rotatable bonds is 4. The van der Waals surface area contributed by atoms with Crippen molar-refractivity contribution >= 4 is 0 Å². The first-order chi connectivity index (χ1) is 12.2. The first-order valence-corrected chi connectivity index (χ1v) is 7.81. The topological polar surface area (TPSA) is 66.0 Å². The third kappa shape index (κ3) is 2.89. The van der Waals surface area contributed by atoms with Gasteiger partial charge >= 0.3 is 0 Å². The Labute approximate surface area is 144 Å². The second-order valence-corrected chi connectivity index (χ2v) is 5.57. The van der Waals surface area contributed by atoms with Crippen LogP contribution in [0.25, 0.3) is 34.1 Å². The van der Waals surface area contributed by atoms with Crippen molar-refractivity contribution in [1.82, 2.24) is 19.9 Å². The van der Waals surface area contributed by atoms with Crippen LogP contribution in [-0.4, -0.2) is 27.0 Å². The second-order valence-electron chi connectivity index (χ2n) is 5.57. The van der Waals surface area contributed by atoms with Gasteiger partial charge in [-0.1, -0.05) is 23.4 Å². The van der Waals surface area contributed by atoms with Gasteiger partial charge in [0.1, 0.15) is 5.75 Å². The van der Waals surface area contributed by atoms with Crippen molar-refractivity contribution < 1.29 is 9.26 Å². The molecule has 2 aromatic carbocycles. The smallest absolute Gasteiger partial charge is 0.258 e. The van der Waals surface area contributed by atoms with Gasteiger partial charge in [-0.15, -0.1) is 0 Å². The molecule has 0 spiro atoms. The number of ether oxygens (including phenoxy) is 1. The lowest BCUT2D eigenvalue weighted by atomic mass is 10.1. The van der Waals surface area contributed by atoms with Gasteiger partial charge in [0.15, 0.2) is 0 Å². The summed E-state index contributed by atoms with van der Waals surface area (Å²) >= 11 is 0. The average molecular weight is 332 g/mol. The predicted molar refractivity (Wildman–Crippen MR) is 93.9 cm³/mol. The highest BCUT2D eigenvalue weighted by Gasteiger charge is 2.12. The van der Waals surface area contributed by atoms with Crippen LogP contribution in [0.2, 0.25) is 0 Å². The number of benzene rings is 2. The van der Waals surface area contributed by atoms with E-state index in [-0.39, 0.29) is 0 Å². The Balaban J connectivity index is 1.67. The molecule has 0 aliphatic rings. The molecule has 25 heavy (non-hydrogen) atoms. The molecule has 4 rings (SSSR count). The van der Waals surface area contributed by atoms with Crippen LogP contribution in [0.15, 0.2) is 65.3 Å². The van der Waals surface area contributed by atoms with Crippen LogP contribution < -0.4 is 4.74 Å². The predicted octanol–water partition coefficient (Wildman–Crippen LogP) is 3.81. The van der Waals surface area contributed by atoms with Gasteiger partial charge in [-0.25, -0.2) is 0 Å². The SMILES string of the molecule is COc1ccc(-c2nc(-c3cccc(-c4ccnn4C)c3)no2)cc1. The van der Waals surface area contributed by atoms with Crippen molar-refractivity contribution in [2.45, 2.75) is 0 Å². The molecule has 0 radical (unpaired) electrons. The molecule has 124 valence electrons. The lowest BCUT2D eigenvalue weighted by Gasteiger charge is -2.03. The molecule has 2 aromatic heterocycles. The lowest BCUT2D eigenvalue weighted by molar-refractivity contribution is 0.414. The summed E-state index contributed by atoms with van der Waals surface area (Å²) < 4.78 is 12.4. The second kappa shape index (κ2) is 6.24. The highest BCUT2D eigenvalue weighted by molar-refractivity contribution is 5.68. The zero-order valence-corrected chi connectivity index (χ0v) is 13.9. The van der Waals surface area contributed by atoms with Gasteiger partial charge in [-0.2, -0.15) is 10.1 Å². The molecule has 0 N–H and O–H groups in total. The summed E-state index contributed by atoms with van der Waals surface area (Å²) in [6.45, 7) is 0. The van der Waals surface area contributed by atoms with Crippen LogP contribution in [-0.2, 0) is 7.05 Å². The van der Waals surface area contributed by atoms with E-state index in [1.165, 1.54) is 0 Å². The van der Waals surface area contributed by atoms with Gasteiger partial charge in [0, 0.05) is 29.9 Å². The largest absolute Gasteiger partial charge is 0.497 e. The third-order valence-electron chi connectivity index (χ3n) is 4.00. The zero-order valence-electron chi connectivity index (χ0n) is 13.9. The minimum Gasteiger partial charge on any atom is -0.497 e. The van der Waals surface area contributed by atoms with Crippen molar-refractivity contribution in [3.63, 3.8) is 0 Å². The van der Waals surface area contributed by atoms with Crippen molar-refractivity contribution in [1.29, 1.82) is 0 Å². The third-order valence-corrected chi connectivity index (χ3v) is 4.00. The zero-order chi connectivity index (χ0) is 17.2. The van der Waals surface area contributed by atoms with Gasteiger partial charge in [-0.3, -0.25) is 4.68 Å². The van der Waals surface area contributed by atoms with E-state index in [9.17, 15) is 0 Å². The maximum Gasteiger partial charge on any atom is 0.258 e. The minimum absolute atomic E-state index is 0.476. The molecule has 0 saturated carbocycles. The monoisotopic (exact) mass is 332 g/mol. The first kappa shape index (κ1) is 15.1. The molecule has 0 unspecified atom stereocenters. The van der Waals surface area contributed by atoms with Crippen molar-refractivity contribution in [3.8, 4) is 39.8 Å². The van der Waals surface area contributed by atoms with Crippen LogP contribution in [0.5, 0.6) is 5.75 Å². The van der Waals surface area contributed by atoms with E-state index < -0.39 is 0 Å². The Bertz CT molecular complexity index is 1000. The Morgan fingerprint density at radius 3 is 2.48 bits per heavy atom. The van der Waals surface area contributed by atoms with E-state index in [4.69, 9.17) is 9.26 Å². The van der Waals surface area contributed by atoms with Crippen molar-refractivity contribution in [2.24, 2.45) is 7.05 Å². The maximum atomic E-state index is 5.41. The van der Waals surface area contributed by atoms with Crippen LogP contribution in [0.3, 0.4) is 0 Å². The number of hydrogen-bond donors (Lipinski definition) is 0. The molecule has 0 amide bonds. The summed E-state index contributed by atoms with van der Waals surface area (Å²) in [5.74, 6) is 1.81. The van der Waals surface area contributed by atoms with E-state index in [0.717, 1.165) is 28.1 Å². The Morgan fingerprint density at radius 2 is 1.76 bits per heavy atom. The molecule has 0 fully saturated rings. The molecule has 6 nitrogen and oxygen atoms in total. The summed E-state index contributed by atoms with van der Waals surface area (Å²) in [4.78, 5) is 4.51. The molecule has 6 heteroatoms. The summed E-state index contributed by atoms with van der Waals surface area (Å²) in [6, 6.07) is 17.5. The van der Waals surface area contributed by atoms with Crippen molar-refractivity contribution in [2.75, 3.05) is 7.11 Å². The summed E-state index contributed by atoms with van der Waals surface area (Å²) in [6.07, 6.45) is 1.78. The fraction of sp³-hybridized carbons (Fsp3) is 0.105. The lowest BCUT2D eigenvalue weighted by Crippen LogP contribution is -1.93. The van der Waals surface area contributed by atoms with E-state index in [1.54, 1.807) is 13.3 Å². The fourth-order valence-corrected chi connectivity index (χ4v) is 2.67. The molecule has 2 heterocycles. The van der Waals surface area contributed by atoms with E-state index in [2.05, 4.69) is 15.2 Å². The van der Waals surface area contributed by atoms with Crippen LogP contribution in [0.4, 0.5) is 0 Å². The van der Waals surface area contributed by atoms with Crippen molar-refractivity contribution in [3.05, 3.63) is 60.8 Å². The molecule has 0 saturated heterocycles. The van der Waals surface area contributed by atoms with Gasteiger partial charge < -0.3 is 9.26 Å². The standard InChI is InChI=1S/C19H16N4O2/c1-23-17(10-11-20-23)14-4-3-5-15(12-14)18-21-19(25-22-18)13-6-8-16(24-2)9-7-13/h3-12H,1-2H3. The molecule has 4 aromatic rings. The number of aryl methyl sites for hydroxylation is 1. The van der Waals surface area contributed by atoms with Gasteiger partial charge in [0.25, 0.3) is 5.89 Å². The van der Waals surface area contributed by atoms with Crippen LogP contribution in [0, 0.1) is 0 Å². The number of methoxy groups -OCH3 is 1. The maximum absolute atomic E-state index is 5.41. The summed E-state index contributed by atoms with van der Waals surface area (Å²) in [7, 11) is 3.55. The summed E-state index contributed by atoms with van der Waals surface area (Å²) in [5.41, 5.74) is 3.82. The molecular weight excluding hydrogens is 316 g/mol. The Hall–Kier alpha value is -3.41. The first-order valence-electron chi connectivity index (χ1n) is 7.81. The quantitative estimate of drug-likeness (QED) is 0.568. The van der Waals surface area contributed by atoms with Gasteiger partial charge in [-0.05, 0) is 36.4 Å². The number of hydrogen-bond acceptors (Lipinski definition) is 5. The highest BCUT2D eigenvalue weighted by atomic mass is 16.5. The van der Waals surface area contributed by atoms with E-state index in [0.29, 0.717) is 11.7 Å². The van der Waals surface area contributed by atoms with E-state index >= 15 is 0 Å². The fourth-order valence-electron chi connectivity index (χ4n) is 2.67. The van der Waals surface area contributed by atoms with Crippen LogP contribution >= 0.6 is 0 Å². The molecular formula is C19H16N4O2. The van der Waals surface area contributed by atoms with Crippen LogP contribution in [0.1, 0.15) is 0 Å². The average Bonchev–Trinajstić information content (AvgIpc) is 3.31. The number of aromatic nitrogens is 4. The molecule has 0 aliphatic carbocycles. The van der Waals surface area contributed by atoms with Gasteiger partial charge in [0.05, 0.1) is 12.8 Å². The molecule has 0 aliphatic heterocycles. The molecule has 0 atom stereocenters. The Morgan fingerprint density at radius 1 is 0.960 bits per heavy atom.